The quantitative estimate of drug-likeness (QED) is 0.148. The summed E-state index contributed by atoms with van der Waals surface area (Å²) >= 11 is 5.56. The van der Waals surface area contributed by atoms with Crippen LogP contribution < -0.4 is 0 Å². The Hall–Kier alpha value is -17.7. The van der Waals surface area contributed by atoms with Gasteiger partial charge in [-0.2, -0.15) is 0 Å². The number of nitrogens with zero attached hydrogens (tertiary/aromatic N) is 6. The number of hydrogen-bond donors (Lipinski definition) is 0. The van der Waals surface area contributed by atoms with E-state index in [-0.39, 0.29) is 10.8 Å². The largest absolute Gasteiger partial charge is 0.244 e. The first-order chi connectivity index (χ1) is 72.3. The molecule has 6 aromatic heterocycles. The van der Waals surface area contributed by atoms with Crippen molar-refractivity contribution >= 4 is 225 Å². The Morgan fingerprint density at radius 3 is 0.837 bits per heavy atom. The third-order valence-corrected chi connectivity index (χ3v) is 34.9. The fourth-order valence-electron chi connectivity index (χ4n) is 24.5. The van der Waals surface area contributed by atoms with Crippen molar-refractivity contribution in [1.82, 2.24) is 29.9 Å². The molecule has 0 N–H and O–H groups in total. The first-order valence-corrected chi connectivity index (χ1v) is 52.8. The topological polar surface area (TPSA) is 77.3 Å². The van der Waals surface area contributed by atoms with Crippen LogP contribution in [0.2, 0.25) is 0 Å². The van der Waals surface area contributed by atoms with Crippen LogP contribution in [0.3, 0.4) is 0 Å². The van der Waals surface area contributed by atoms with Crippen molar-refractivity contribution in [3.63, 3.8) is 0 Å². The maximum absolute atomic E-state index is 5.28. The lowest BCUT2D eigenvalue weighted by atomic mass is 9.79. The van der Waals surface area contributed by atoms with Crippen molar-refractivity contribution in [3.05, 3.63) is 471 Å². The van der Waals surface area contributed by atoms with E-state index < -0.39 is 0 Å². The molecule has 0 saturated carbocycles. The Morgan fingerprint density at radius 2 is 0.422 bits per heavy atom. The van der Waals surface area contributed by atoms with Crippen LogP contribution in [0.15, 0.2) is 449 Å². The average Bonchev–Trinajstić information content (AvgIpc) is 1.57. The molecule has 0 bridgehead atoms. The minimum Gasteiger partial charge on any atom is -0.244 e. The lowest BCUT2D eigenvalue weighted by Gasteiger charge is -2.23. The van der Waals surface area contributed by atoms with Crippen molar-refractivity contribution in [2.45, 2.75) is 38.5 Å². The van der Waals surface area contributed by atoms with Gasteiger partial charge in [-0.25, -0.2) is 29.9 Å². The maximum Gasteiger partial charge on any atom is 0.0973 e. The molecule has 0 fully saturated rings. The standard InChI is InChI=1S/C47H30N2S.C47H32N2.C44H24N2S2/c1-47(2)38-11-5-3-9-32(38)36-24-23-35-37(44(36)47)22-17-27-15-16-28-25-29(18-20-31(28)43(27)35)45-46(49-40-13-7-6-12-39(40)48-45)30-19-21-34-33-10-4-8-14-41(33)50-42(34)26-30;1-47(2)40-13-7-6-12-36(40)38-27-26-37-39(44(38)47)25-22-31-18-21-33-28-34(23-24-35(33)43(31)37)46-45(48-41-14-8-9-15-42(41)49-46)32-19-16-30(17-20-32)29-10-4-3-5-11-29;1-5-11-38-30(7-1)32-19-17-28(24-40(32)47-38)43-42(45-36-9-3-4-10-37(36)46-43)27-16-18-29-26(23-27)14-13-25-15-20-35-33(41(25)29)21-22-34-31-8-2-6-12-39(31)48-44(34)35/h3-26H,1-2H3;3-28H,1-2H3;1-24H. The highest BCUT2D eigenvalue weighted by Crippen LogP contribution is 2.56. The van der Waals surface area contributed by atoms with Crippen molar-refractivity contribution in [2.24, 2.45) is 0 Å². The fourth-order valence-corrected chi connectivity index (χ4v) is 28.1. The minimum atomic E-state index is -0.0686. The molecule has 6 nitrogen and oxygen atoms in total. The van der Waals surface area contributed by atoms with Gasteiger partial charge in [-0.15, -0.1) is 34.0 Å². The minimum absolute atomic E-state index is 0.0681. The summed E-state index contributed by atoms with van der Waals surface area (Å²) < 4.78 is 7.82. The molecular formula is C138H86N6S3. The van der Waals surface area contributed by atoms with Crippen LogP contribution in [-0.2, 0) is 10.8 Å². The Balaban J connectivity index is 0.000000102. The summed E-state index contributed by atoms with van der Waals surface area (Å²) in [6, 6.07) is 163. The van der Waals surface area contributed by atoms with Crippen LogP contribution in [0.25, 0.3) is 291 Å². The van der Waals surface area contributed by atoms with E-state index in [1.54, 1.807) is 0 Å². The number of aromatic nitrogens is 6. The Morgan fingerprint density at radius 1 is 0.163 bits per heavy atom. The van der Waals surface area contributed by atoms with Crippen LogP contribution in [-0.4, -0.2) is 29.9 Å². The number of fused-ring (bicyclic) bond motifs is 36. The van der Waals surface area contributed by atoms with Crippen LogP contribution in [0.5, 0.6) is 0 Å². The van der Waals surface area contributed by atoms with Gasteiger partial charge in [-0.1, -0.05) is 392 Å². The van der Waals surface area contributed by atoms with Gasteiger partial charge in [-0.05, 0) is 232 Å². The molecule has 32 rings (SSSR count). The predicted molar refractivity (Wildman–Crippen MR) is 628 cm³/mol. The number of thiophene rings is 3. The Bertz CT molecular complexity index is 10900. The second-order valence-electron chi connectivity index (χ2n) is 40.4. The van der Waals surface area contributed by atoms with Gasteiger partial charge in [0.25, 0.3) is 0 Å². The monoisotopic (exact) mass is 1920 g/mol. The lowest BCUT2D eigenvalue weighted by molar-refractivity contribution is 0.666. The molecule has 30 aromatic rings. The second-order valence-corrected chi connectivity index (χ2v) is 43.6. The molecule has 0 atom stereocenters. The van der Waals surface area contributed by atoms with E-state index in [9.17, 15) is 0 Å². The molecule has 0 saturated heterocycles. The van der Waals surface area contributed by atoms with Gasteiger partial charge < -0.3 is 0 Å². The molecule has 0 amide bonds. The Labute approximate surface area is 858 Å². The second kappa shape index (κ2) is 32.9. The van der Waals surface area contributed by atoms with Crippen LogP contribution in [0.4, 0.5) is 0 Å². The first-order valence-electron chi connectivity index (χ1n) is 50.4. The molecule has 2 aliphatic rings. The summed E-state index contributed by atoms with van der Waals surface area (Å²) in [7, 11) is 0. The van der Waals surface area contributed by atoms with E-state index in [2.05, 4.69) is 428 Å². The van der Waals surface area contributed by atoms with Gasteiger partial charge in [0.15, 0.2) is 0 Å². The summed E-state index contributed by atoms with van der Waals surface area (Å²) in [5.41, 5.74) is 30.5. The number of para-hydroxylation sites is 6. The smallest absolute Gasteiger partial charge is 0.0973 e. The average molecular weight is 1920 g/mol. The summed E-state index contributed by atoms with van der Waals surface area (Å²) in [6.45, 7) is 9.48. The van der Waals surface area contributed by atoms with E-state index in [1.807, 2.05) is 82.5 Å². The zero-order valence-corrected chi connectivity index (χ0v) is 83.1. The summed E-state index contributed by atoms with van der Waals surface area (Å²) in [6.07, 6.45) is 0. The van der Waals surface area contributed by atoms with E-state index in [4.69, 9.17) is 29.9 Å². The van der Waals surface area contributed by atoms with Crippen molar-refractivity contribution < 1.29 is 0 Å². The highest BCUT2D eigenvalue weighted by molar-refractivity contribution is 7.27. The van der Waals surface area contributed by atoms with Crippen molar-refractivity contribution in [2.75, 3.05) is 0 Å². The molecule has 2 aliphatic carbocycles. The third-order valence-electron chi connectivity index (χ3n) is 31.5. The summed E-state index contributed by atoms with van der Waals surface area (Å²) in [5.74, 6) is 0. The van der Waals surface area contributed by atoms with E-state index in [0.29, 0.717) is 0 Å². The third kappa shape index (κ3) is 13.4. The summed E-state index contributed by atoms with van der Waals surface area (Å²) in [4.78, 5) is 31.5. The van der Waals surface area contributed by atoms with E-state index in [0.717, 1.165) is 101 Å². The zero-order valence-electron chi connectivity index (χ0n) is 80.6. The molecule has 24 aromatic carbocycles. The van der Waals surface area contributed by atoms with Crippen LogP contribution in [0, 0.1) is 0 Å². The molecule has 0 radical (unpaired) electrons. The predicted octanol–water partition coefficient (Wildman–Crippen LogP) is 38.7. The SMILES string of the molecule is CC1(C)c2ccccc2-c2ccc3c(ccc4ccc5cc(-c6nc7ccccc7nc6-c6ccc(-c7ccccc7)cc6)ccc5c43)c21.CC1(C)c2ccccc2-c2ccc3c(ccc4ccc5cc(-c6nc7ccccc7nc6-c6ccc7c(c6)sc6ccccc67)ccc5c43)c21.c1ccc2nc(-c3ccc4c(c3)sc3ccccc34)c(-c3ccc4c(ccc5ccc6c(ccc7c8ccccc8sc76)c54)c3)nc2c1. The molecule has 0 spiro atoms. The van der Waals surface area contributed by atoms with Crippen molar-refractivity contribution in [1.29, 1.82) is 0 Å². The zero-order chi connectivity index (χ0) is 97.2. The van der Waals surface area contributed by atoms with Crippen LogP contribution in [0.1, 0.15) is 49.9 Å². The number of hydrogen-bond acceptors (Lipinski definition) is 9. The van der Waals surface area contributed by atoms with Crippen LogP contribution >= 0.6 is 34.0 Å². The highest BCUT2D eigenvalue weighted by atomic mass is 32.1. The maximum atomic E-state index is 5.28. The molecule has 6 heterocycles. The van der Waals surface area contributed by atoms with Crippen molar-refractivity contribution in [3.8, 4) is 101 Å². The fraction of sp³-hybridized carbons (Fsp3) is 0.0435. The normalized spacial score (nSPS) is 13.0. The van der Waals surface area contributed by atoms with Gasteiger partial charge >= 0.3 is 0 Å². The molecule has 686 valence electrons. The molecule has 0 aliphatic heterocycles. The van der Waals surface area contributed by atoms with Gasteiger partial charge in [-0.3, -0.25) is 0 Å². The molecular weight excluding hydrogens is 1840 g/mol. The number of rotatable bonds is 7. The number of benzene rings is 24. The highest BCUT2D eigenvalue weighted by Gasteiger charge is 2.39. The lowest BCUT2D eigenvalue weighted by Crippen LogP contribution is -2.15. The van der Waals surface area contributed by atoms with Gasteiger partial charge in [0.05, 0.1) is 67.3 Å². The molecule has 147 heavy (non-hydrogen) atoms. The van der Waals surface area contributed by atoms with Gasteiger partial charge in [0, 0.05) is 110 Å². The van der Waals surface area contributed by atoms with E-state index in [1.165, 1.54) is 213 Å². The molecule has 0 unspecified atom stereocenters. The Kier molecular flexibility index (Phi) is 19.0. The summed E-state index contributed by atoms with van der Waals surface area (Å²) in [5, 5.41) is 30.8. The van der Waals surface area contributed by atoms with Gasteiger partial charge in [0.2, 0.25) is 0 Å². The first kappa shape index (κ1) is 84.9. The van der Waals surface area contributed by atoms with E-state index >= 15 is 0 Å². The van der Waals surface area contributed by atoms with Gasteiger partial charge in [0.1, 0.15) is 0 Å². The molecule has 9 heteroatoms.